The molecule has 0 spiro atoms. The van der Waals surface area contributed by atoms with Gasteiger partial charge >= 0.3 is 0 Å². The van der Waals surface area contributed by atoms with Crippen LogP contribution in [0.2, 0.25) is 0 Å². The van der Waals surface area contributed by atoms with E-state index in [1.54, 1.807) is 0 Å². The molecule has 0 bridgehead atoms. The van der Waals surface area contributed by atoms with Crippen molar-refractivity contribution in [1.82, 2.24) is 0 Å². The van der Waals surface area contributed by atoms with Gasteiger partial charge in [0.1, 0.15) is 7.14 Å². The van der Waals surface area contributed by atoms with Crippen molar-refractivity contribution in [2.45, 2.75) is 71.4 Å². The molecule has 0 aliphatic carbocycles. The number of hydrogen-bond acceptors (Lipinski definition) is 1. The van der Waals surface area contributed by atoms with Crippen LogP contribution in [0, 0.1) is 0 Å². The molecule has 0 amide bonds. The van der Waals surface area contributed by atoms with Gasteiger partial charge < -0.3 is 4.57 Å². The van der Waals surface area contributed by atoms with Crippen LogP contribution in [-0.2, 0) is 4.57 Å². The molecule has 0 N–H and O–H groups in total. The van der Waals surface area contributed by atoms with E-state index < -0.39 is 7.14 Å². The van der Waals surface area contributed by atoms with Crippen molar-refractivity contribution in [3.8, 4) is 0 Å². The molecule has 0 radical (unpaired) electrons. The molecule has 0 aromatic heterocycles. The molecule has 1 aromatic carbocycles. The predicted molar refractivity (Wildman–Crippen MR) is 96.3 cm³/mol. The lowest BCUT2D eigenvalue weighted by Crippen LogP contribution is -2.39. The highest BCUT2D eigenvalue weighted by atomic mass is 31.2. The molecule has 1 unspecified atom stereocenters. The molecule has 20 heavy (non-hydrogen) atoms. The smallest absolute Gasteiger partial charge is 0.126 e. The Hall–Kier alpha value is -0.120. The Kier molecular flexibility index (Phi) is 5.32. The molecule has 1 aromatic rings. The minimum atomic E-state index is -2.53. The largest absolute Gasteiger partial charge is 0.318 e. The van der Waals surface area contributed by atoms with Gasteiger partial charge in [0.15, 0.2) is 0 Å². The quantitative estimate of drug-likeness (QED) is 0.719. The minimum absolute atomic E-state index is 0.219. The first-order chi connectivity index (χ1) is 8.91. The Labute approximate surface area is 127 Å². The lowest BCUT2D eigenvalue weighted by Gasteiger charge is -2.42. The highest BCUT2D eigenvalue weighted by Crippen LogP contribution is 2.65. The van der Waals surface area contributed by atoms with Crippen LogP contribution in [0.3, 0.4) is 0 Å². The maximum Gasteiger partial charge on any atom is 0.126 e. The van der Waals surface area contributed by atoms with Gasteiger partial charge in [-0.1, -0.05) is 88.2 Å². The lowest BCUT2D eigenvalue weighted by atomic mass is 10.2. The summed E-state index contributed by atoms with van der Waals surface area (Å²) in [7, 11) is -1.81. The van der Waals surface area contributed by atoms with Crippen molar-refractivity contribution >= 4 is 26.3 Å². The Morgan fingerprint density at radius 3 is 1.80 bits per heavy atom. The van der Waals surface area contributed by atoms with Gasteiger partial charge in [-0.15, -0.1) is 0 Å². The molecule has 114 valence electrons. The van der Waals surface area contributed by atoms with E-state index in [1.165, 1.54) is 5.30 Å². The van der Waals surface area contributed by atoms with Gasteiger partial charge in [-0.25, -0.2) is 0 Å². The summed E-state index contributed by atoms with van der Waals surface area (Å²) in [4.78, 5) is 0. The fourth-order valence-electron chi connectivity index (χ4n) is 2.91. The predicted octanol–water partition coefficient (Wildman–Crippen LogP) is 4.98. The van der Waals surface area contributed by atoms with Crippen molar-refractivity contribution < 1.29 is 4.57 Å². The molecular weight excluding hydrogens is 282 g/mol. The molecule has 1 rings (SSSR count). The lowest BCUT2D eigenvalue weighted by molar-refractivity contribution is 0.528. The molecule has 0 heterocycles. The second kappa shape index (κ2) is 5.94. The van der Waals surface area contributed by atoms with Crippen LogP contribution in [0.15, 0.2) is 24.3 Å². The number of rotatable bonds is 3. The molecule has 0 saturated carbocycles. The van der Waals surface area contributed by atoms with Gasteiger partial charge in [0.2, 0.25) is 0 Å². The standard InChI is InChI=1S/C17H30OP2/c1-13(2)19-14-11-9-10-12-15(14)20(18,16(3,4)5)17(6,7)8/h9-13,19H,1-8H3. The Morgan fingerprint density at radius 1 is 0.950 bits per heavy atom. The summed E-state index contributed by atoms with van der Waals surface area (Å²) in [5.41, 5.74) is 0.601. The van der Waals surface area contributed by atoms with E-state index in [9.17, 15) is 4.57 Å². The van der Waals surface area contributed by atoms with Crippen molar-refractivity contribution in [1.29, 1.82) is 0 Å². The zero-order chi connectivity index (χ0) is 15.8. The van der Waals surface area contributed by atoms with E-state index >= 15 is 0 Å². The van der Waals surface area contributed by atoms with Gasteiger partial charge in [0.25, 0.3) is 0 Å². The van der Waals surface area contributed by atoms with Crippen LogP contribution < -0.4 is 10.6 Å². The van der Waals surface area contributed by atoms with Crippen LogP contribution in [0.4, 0.5) is 0 Å². The zero-order valence-corrected chi connectivity index (χ0v) is 16.1. The molecule has 1 nitrogen and oxygen atoms in total. The fraction of sp³-hybridized carbons (Fsp3) is 0.647. The highest BCUT2D eigenvalue weighted by Gasteiger charge is 2.48. The third kappa shape index (κ3) is 3.37. The molecule has 0 fully saturated rings. The summed E-state index contributed by atoms with van der Waals surface area (Å²) in [6, 6.07) is 8.37. The van der Waals surface area contributed by atoms with Crippen molar-refractivity contribution in [2.24, 2.45) is 0 Å². The second-order valence-electron chi connectivity index (χ2n) is 7.77. The van der Waals surface area contributed by atoms with E-state index in [2.05, 4.69) is 73.6 Å². The first kappa shape index (κ1) is 17.9. The van der Waals surface area contributed by atoms with E-state index in [0.717, 1.165) is 13.9 Å². The molecule has 0 saturated heterocycles. The average molecular weight is 312 g/mol. The van der Waals surface area contributed by atoms with E-state index in [0.29, 0.717) is 5.66 Å². The third-order valence-corrected chi connectivity index (χ3v) is 9.96. The monoisotopic (exact) mass is 312 g/mol. The molecular formula is C17H30OP2. The highest BCUT2D eigenvalue weighted by molar-refractivity contribution is 7.75. The van der Waals surface area contributed by atoms with E-state index in [-0.39, 0.29) is 10.3 Å². The maximum absolute atomic E-state index is 14.1. The van der Waals surface area contributed by atoms with E-state index in [1.807, 2.05) is 6.07 Å². The van der Waals surface area contributed by atoms with Crippen LogP contribution in [-0.4, -0.2) is 16.0 Å². The normalized spacial score (nSPS) is 14.4. The zero-order valence-electron chi connectivity index (χ0n) is 14.2. The van der Waals surface area contributed by atoms with Gasteiger partial charge in [-0.05, 0) is 11.0 Å². The van der Waals surface area contributed by atoms with Gasteiger partial charge in [-0.3, -0.25) is 0 Å². The van der Waals surface area contributed by atoms with Crippen LogP contribution in [0.5, 0.6) is 0 Å². The second-order valence-corrected chi connectivity index (χ2v) is 14.1. The number of benzene rings is 1. The molecule has 3 heteroatoms. The van der Waals surface area contributed by atoms with Crippen molar-refractivity contribution in [2.75, 3.05) is 0 Å². The summed E-state index contributed by atoms with van der Waals surface area (Å²) < 4.78 is 14.1. The Bertz CT molecular complexity index is 486. The van der Waals surface area contributed by atoms with Crippen molar-refractivity contribution in [3.05, 3.63) is 24.3 Å². The molecule has 0 aliphatic rings. The van der Waals surface area contributed by atoms with Crippen LogP contribution in [0.25, 0.3) is 0 Å². The van der Waals surface area contributed by atoms with Gasteiger partial charge in [0, 0.05) is 15.6 Å². The minimum Gasteiger partial charge on any atom is -0.318 e. The number of hydrogen-bond donors (Lipinski definition) is 0. The third-order valence-electron chi connectivity index (χ3n) is 3.58. The summed E-state index contributed by atoms with van der Waals surface area (Å²) in [5, 5.41) is 1.95. The first-order valence-electron chi connectivity index (χ1n) is 7.37. The van der Waals surface area contributed by atoms with Gasteiger partial charge in [0.05, 0.1) is 0 Å². The van der Waals surface area contributed by atoms with E-state index in [4.69, 9.17) is 0 Å². The maximum atomic E-state index is 14.1. The summed E-state index contributed by atoms with van der Waals surface area (Å²) >= 11 is 0. The Morgan fingerprint density at radius 2 is 1.40 bits per heavy atom. The summed E-state index contributed by atoms with van der Waals surface area (Å²) in [6.07, 6.45) is 0. The molecule has 0 aliphatic heterocycles. The first-order valence-corrected chi connectivity index (χ1v) is 10.2. The topological polar surface area (TPSA) is 17.1 Å². The Balaban J connectivity index is 3.57. The van der Waals surface area contributed by atoms with Crippen molar-refractivity contribution in [3.63, 3.8) is 0 Å². The van der Waals surface area contributed by atoms with Gasteiger partial charge in [-0.2, -0.15) is 0 Å². The molecule has 1 atom stereocenters. The van der Waals surface area contributed by atoms with Crippen LogP contribution in [0.1, 0.15) is 55.4 Å². The fourth-order valence-corrected chi connectivity index (χ4v) is 8.79. The SMILES string of the molecule is CC(C)Pc1ccccc1P(=O)(C(C)(C)C)C(C)(C)C. The summed E-state index contributed by atoms with van der Waals surface area (Å²) in [5.74, 6) is 0. The summed E-state index contributed by atoms with van der Waals surface area (Å²) in [6.45, 7) is 17.2. The average Bonchev–Trinajstić information content (AvgIpc) is 2.24. The van der Waals surface area contributed by atoms with Crippen LogP contribution >= 0.6 is 15.7 Å².